The van der Waals surface area contributed by atoms with E-state index in [1.165, 1.54) is 5.56 Å². The van der Waals surface area contributed by atoms with E-state index < -0.39 is 0 Å². The molecule has 0 aromatic heterocycles. The highest BCUT2D eigenvalue weighted by Crippen LogP contribution is 2.27. The van der Waals surface area contributed by atoms with Crippen molar-refractivity contribution in [2.75, 3.05) is 28.6 Å². The van der Waals surface area contributed by atoms with Gasteiger partial charge in [-0.3, -0.25) is 9.59 Å². The van der Waals surface area contributed by atoms with E-state index >= 15 is 0 Å². The first-order valence-electron chi connectivity index (χ1n) is 8.60. The number of amides is 2. The van der Waals surface area contributed by atoms with Gasteiger partial charge in [0.15, 0.2) is 0 Å². The van der Waals surface area contributed by atoms with Gasteiger partial charge in [-0.15, -0.1) is 0 Å². The summed E-state index contributed by atoms with van der Waals surface area (Å²) < 4.78 is 0. The lowest BCUT2D eigenvalue weighted by atomic mass is 10.1. The molecule has 3 rings (SSSR count). The van der Waals surface area contributed by atoms with Crippen molar-refractivity contribution in [3.05, 3.63) is 53.6 Å². The summed E-state index contributed by atoms with van der Waals surface area (Å²) in [6.07, 6.45) is 1.39. The molecule has 2 aromatic carbocycles. The summed E-state index contributed by atoms with van der Waals surface area (Å²) in [6.45, 7) is 4.92. The van der Waals surface area contributed by atoms with Crippen LogP contribution in [-0.4, -0.2) is 24.9 Å². The van der Waals surface area contributed by atoms with E-state index in [4.69, 9.17) is 0 Å². The van der Waals surface area contributed by atoms with Gasteiger partial charge in [0, 0.05) is 30.0 Å². The number of hydrogen-bond acceptors (Lipinski definition) is 3. The monoisotopic (exact) mass is 337 g/mol. The van der Waals surface area contributed by atoms with Crippen molar-refractivity contribution in [3.63, 3.8) is 0 Å². The zero-order chi connectivity index (χ0) is 17.8. The standard InChI is InChI=1S/C20H23N3O2/c1-3-19(24)22-17-12-16(9-8-14(17)2)21-20(25)13-23-11-10-15-6-4-5-7-18(15)23/h4-9,12H,3,10-11,13H2,1-2H3,(H,21,25)(H,22,24). The molecule has 2 N–H and O–H groups in total. The average Bonchev–Trinajstić information content (AvgIpc) is 3.01. The zero-order valence-electron chi connectivity index (χ0n) is 14.6. The maximum absolute atomic E-state index is 12.4. The number of nitrogens with one attached hydrogen (secondary N) is 2. The highest BCUT2D eigenvalue weighted by molar-refractivity contribution is 5.96. The molecule has 0 fully saturated rings. The van der Waals surface area contributed by atoms with Crippen molar-refractivity contribution >= 4 is 28.9 Å². The molecule has 0 saturated carbocycles. The summed E-state index contributed by atoms with van der Waals surface area (Å²) in [6, 6.07) is 13.7. The van der Waals surface area contributed by atoms with Crippen LogP contribution in [0.25, 0.3) is 0 Å². The highest BCUT2D eigenvalue weighted by atomic mass is 16.2. The van der Waals surface area contributed by atoms with Crippen LogP contribution < -0.4 is 15.5 Å². The van der Waals surface area contributed by atoms with Gasteiger partial charge in [0.1, 0.15) is 0 Å². The Kier molecular flexibility index (Phi) is 5.03. The van der Waals surface area contributed by atoms with Crippen molar-refractivity contribution in [2.45, 2.75) is 26.7 Å². The van der Waals surface area contributed by atoms with Crippen LogP contribution >= 0.6 is 0 Å². The Balaban J connectivity index is 1.65. The number of rotatable bonds is 5. The van der Waals surface area contributed by atoms with E-state index in [1.54, 1.807) is 6.07 Å². The number of nitrogens with zero attached hydrogens (tertiary/aromatic N) is 1. The molecule has 0 bridgehead atoms. The first-order valence-corrected chi connectivity index (χ1v) is 8.60. The zero-order valence-corrected chi connectivity index (χ0v) is 14.6. The third-order valence-corrected chi connectivity index (χ3v) is 4.43. The van der Waals surface area contributed by atoms with Gasteiger partial charge >= 0.3 is 0 Å². The molecule has 5 heteroatoms. The summed E-state index contributed by atoms with van der Waals surface area (Å²) in [5.41, 5.74) is 4.81. The minimum Gasteiger partial charge on any atom is -0.362 e. The normalized spacial score (nSPS) is 12.6. The van der Waals surface area contributed by atoms with Crippen LogP contribution in [0, 0.1) is 6.92 Å². The predicted molar refractivity (Wildman–Crippen MR) is 101 cm³/mol. The number of benzene rings is 2. The Labute approximate surface area is 148 Å². The molecule has 0 atom stereocenters. The van der Waals surface area contributed by atoms with E-state index in [2.05, 4.69) is 27.7 Å². The van der Waals surface area contributed by atoms with Gasteiger partial charge in [-0.05, 0) is 42.7 Å². The second kappa shape index (κ2) is 7.38. The molecule has 0 unspecified atom stereocenters. The minimum atomic E-state index is -0.0617. The molecule has 1 aliphatic heterocycles. The Hall–Kier alpha value is -2.82. The van der Waals surface area contributed by atoms with E-state index in [9.17, 15) is 9.59 Å². The summed E-state index contributed by atoms with van der Waals surface area (Å²) in [4.78, 5) is 26.1. The van der Waals surface area contributed by atoms with Gasteiger partial charge in [0.25, 0.3) is 0 Å². The number of fused-ring (bicyclic) bond motifs is 1. The largest absolute Gasteiger partial charge is 0.362 e. The van der Waals surface area contributed by atoms with Gasteiger partial charge in [0.2, 0.25) is 11.8 Å². The smallest absolute Gasteiger partial charge is 0.243 e. The van der Waals surface area contributed by atoms with Crippen molar-refractivity contribution in [3.8, 4) is 0 Å². The molecule has 5 nitrogen and oxygen atoms in total. The Bertz CT molecular complexity index is 801. The van der Waals surface area contributed by atoms with Gasteiger partial charge in [-0.25, -0.2) is 0 Å². The van der Waals surface area contributed by atoms with Crippen LogP contribution in [-0.2, 0) is 16.0 Å². The third kappa shape index (κ3) is 3.99. The lowest BCUT2D eigenvalue weighted by molar-refractivity contribution is -0.116. The maximum atomic E-state index is 12.4. The lowest BCUT2D eigenvalue weighted by Gasteiger charge is -2.19. The molecule has 2 aromatic rings. The second-order valence-electron chi connectivity index (χ2n) is 6.28. The van der Waals surface area contributed by atoms with E-state index in [0.29, 0.717) is 18.7 Å². The molecular weight excluding hydrogens is 314 g/mol. The van der Waals surface area contributed by atoms with Crippen LogP contribution in [0.2, 0.25) is 0 Å². The molecule has 2 amide bonds. The van der Waals surface area contributed by atoms with Crippen molar-refractivity contribution in [2.24, 2.45) is 0 Å². The first-order chi connectivity index (χ1) is 12.1. The van der Waals surface area contributed by atoms with E-state index in [-0.39, 0.29) is 11.8 Å². The molecule has 1 aliphatic rings. The summed E-state index contributed by atoms with van der Waals surface area (Å²) >= 11 is 0. The highest BCUT2D eigenvalue weighted by Gasteiger charge is 2.20. The first kappa shape index (κ1) is 17.0. The van der Waals surface area contributed by atoms with Crippen molar-refractivity contribution in [1.82, 2.24) is 0 Å². The molecule has 0 radical (unpaired) electrons. The fourth-order valence-electron chi connectivity index (χ4n) is 3.02. The molecule has 0 aliphatic carbocycles. The van der Waals surface area contributed by atoms with Gasteiger partial charge < -0.3 is 15.5 Å². The topological polar surface area (TPSA) is 61.4 Å². The predicted octanol–water partition coefficient (Wildman–Crippen LogP) is 3.34. The molecular formula is C20H23N3O2. The summed E-state index contributed by atoms with van der Waals surface area (Å²) in [5.74, 6) is -0.103. The Morgan fingerprint density at radius 3 is 2.68 bits per heavy atom. The third-order valence-electron chi connectivity index (χ3n) is 4.43. The van der Waals surface area contributed by atoms with Crippen molar-refractivity contribution in [1.29, 1.82) is 0 Å². The quantitative estimate of drug-likeness (QED) is 0.879. The van der Waals surface area contributed by atoms with Gasteiger partial charge in [0.05, 0.1) is 6.54 Å². The van der Waals surface area contributed by atoms with Crippen molar-refractivity contribution < 1.29 is 9.59 Å². The lowest BCUT2D eigenvalue weighted by Crippen LogP contribution is -2.31. The number of hydrogen-bond donors (Lipinski definition) is 2. The van der Waals surface area contributed by atoms with Gasteiger partial charge in [-0.2, -0.15) is 0 Å². The van der Waals surface area contributed by atoms with E-state index in [0.717, 1.165) is 29.9 Å². The summed E-state index contributed by atoms with van der Waals surface area (Å²) in [5, 5.41) is 5.79. The van der Waals surface area contributed by atoms with Crippen LogP contribution in [0.3, 0.4) is 0 Å². The van der Waals surface area contributed by atoms with Crippen LogP contribution in [0.4, 0.5) is 17.1 Å². The minimum absolute atomic E-state index is 0.0414. The van der Waals surface area contributed by atoms with Crippen LogP contribution in [0.5, 0.6) is 0 Å². The molecule has 1 heterocycles. The maximum Gasteiger partial charge on any atom is 0.243 e. The number of aryl methyl sites for hydroxylation is 1. The number of anilines is 3. The number of para-hydroxylation sites is 1. The second-order valence-corrected chi connectivity index (χ2v) is 6.28. The number of carbonyl (C=O) groups is 2. The van der Waals surface area contributed by atoms with Gasteiger partial charge in [-0.1, -0.05) is 31.2 Å². The SMILES string of the molecule is CCC(=O)Nc1cc(NC(=O)CN2CCc3ccccc32)ccc1C. The Morgan fingerprint density at radius 2 is 1.88 bits per heavy atom. The molecule has 130 valence electrons. The van der Waals surface area contributed by atoms with E-state index in [1.807, 2.05) is 38.1 Å². The molecule has 25 heavy (non-hydrogen) atoms. The number of carbonyl (C=O) groups excluding carboxylic acids is 2. The van der Waals surface area contributed by atoms with Crippen LogP contribution in [0.15, 0.2) is 42.5 Å². The summed E-state index contributed by atoms with van der Waals surface area (Å²) in [7, 11) is 0. The molecule has 0 spiro atoms. The fourth-order valence-corrected chi connectivity index (χ4v) is 3.02. The van der Waals surface area contributed by atoms with Crippen LogP contribution in [0.1, 0.15) is 24.5 Å². The Morgan fingerprint density at radius 1 is 1.08 bits per heavy atom. The fraction of sp³-hybridized carbons (Fsp3) is 0.300. The average molecular weight is 337 g/mol. The molecule has 0 saturated heterocycles.